The van der Waals surface area contributed by atoms with Gasteiger partial charge < -0.3 is 5.32 Å². The Hall–Kier alpha value is -0.840. The van der Waals surface area contributed by atoms with Crippen molar-refractivity contribution in [2.45, 2.75) is 52.1 Å². The van der Waals surface area contributed by atoms with Crippen LogP contribution in [0, 0.1) is 0 Å². The van der Waals surface area contributed by atoms with E-state index in [9.17, 15) is 4.79 Å². The molecular formula is C12H18BrN3O. The molecule has 17 heavy (non-hydrogen) atoms. The van der Waals surface area contributed by atoms with Crippen molar-refractivity contribution in [1.82, 2.24) is 15.1 Å². The molecular weight excluding hydrogens is 282 g/mol. The Kier molecular flexibility index (Phi) is 3.30. The molecule has 1 aromatic heterocycles. The third kappa shape index (κ3) is 2.70. The summed E-state index contributed by atoms with van der Waals surface area (Å²) in [5.74, 6) is -0.105. The van der Waals surface area contributed by atoms with Crippen LogP contribution in [-0.2, 0) is 13.0 Å². The number of aryl methyl sites for hydroxylation is 1. The van der Waals surface area contributed by atoms with E-state index in [-0.39, 0.29) is 11.4 Å². The topological polar surface area (TPSA) is 46.9 Å². The van der Waals surface area contributed by atoms with Crippen LogP contribution >= 0.6 is 15.9 Å². The number of carbonyl (C=O) groups is 1. The molecule has 1 amide bonds. The summed E-state index contributed by atoms with van der Waals surface area (Å²) in [5.41, 5.74) is 1.42. The van der Waals surface area contributed by atoms with Crippen LogP contribution in [0.3, 0.4) is 0 Å². The minimum absolute atomic E-state index is 0.105. The number of carbonyl (C=O) groups excluding carboxylic acids is 1. The van der Waals surface area contributed by atoms with Gasteiger partial charge in [-0.05, 0) is 56.0 Å². The molecule has 0 unspecified atom stereocenters. The van der Waals surface area contributed by atoms with Gasteiger partial charge in [-0.15, -0.1) is 0 Å². The number of hydrogen-bond acceptors (Lipinski definition) is 2. The molecule has 0 spiro atoms. The Morgan fingerprint density at radius 2 is 2.12 bits per heavy atom. The molecule has 0 radical (unpaired) electrons. The first-order valence-electron chi connectivity index (χ1n) is 5.96. The highest BCUT2D eigenvalue weighted by molar-refractivity contribution is 9.10. The summed E-state index contributed by atoms with van der Waals surface area (Å²) in [5, 5.41) is 7.33. The molecule has 0 aliphatic carbocycles. The fourth-order valence-electron chi connectivity index (χ4n) is 2.00. The average Bonchev–Trinajstić information content (AvgIpc) is 2.55. The fourth-order valence-corrected chi connectivity index (χ4v) is 2.66. The zero-order valence-electron chi connectivity index (χ0n) is 10.5. The Morgan fingerprint density at radius 1 is 1.41 bits per heavy atom. The lowest BCUT2D eigenvalue weighted by Crippen LogP contribution is -2.40. The Balaban J connectivity index is 2.27. The minimum atomic E-state index is -0.235. The molecule has 0 aromatic carbocycles. The van der Waals surface area contributed by atoms with Gasteiger partial charge in [0.2, 0.25) is 0 Å². The molecule has 94 valence electrons. The third-order valence-electron chi connectivity index (χ3n) is 2.73. The van der Waals surface area contributed by atoms with Crippen molar-refractivity contribution in [3.05, 3.63) is 15.9 Å². The van der Waals surface area contributed by atoms with Crippen molar-refractivity contribution < 1.29 is 4.79 Å². The van der Waals surface area contributed by atoms with Crippen LogP contribution in [0.5, 0.6) is 0 Å². The van der Waals surface area contributed by atoms with Gasteiger partial charge in [-0.25, -0.2) is 0 Å². The van der Waals surface area contributed by atoms with Crippen molar-refractivity contribution >= 4 is 21.8 Å². The number of fused-ring (bicyclic) bond motifs is 1. The van der Waals surface area contributed by atoms with Crippen molar-refractivity contribution in [1.29, 1.82) is 0 Å². The molecule has 1 aromatic rings. The SMILES string of the molecule is CC(C)(C)NC(=O)c1nn2c(c1Br)CCCC2. The molecule has 0 bridgehead atoms. The number of nitrogens with zero attached hydrogens (tertiary/aromatic N) is 2. The quantitative estimate of drug-likeness (QED) is 0.866. The van der Waals surface area contributed by atoms with E-state index in [0.29, 0.717) is 5.69 Å². The lowest BCUT2D eigenvalue weighted by atomic mass is 10.1. The lowest BCUT2D eigenvalue weighted by molar-refractivity contribution is 0.0912. The number of amides is 1. The summed E-state index contributed by atoms with van der Waals surface area (Å²) in [6.45, 7) is 6.81. The van der Waals surface area contributed by atoms with Crippen LogP contribution < -0.4 is 5.32 Å². The van der Waals surface area contributed by atoms with E-state index < -0.39 is 0 Å². The summed E-state index contributed by atoms with van der Waals surface area (Å²) in [4.78, 5) is 12.1. The zero-order chi connectivity index (χ0) is 12.6. The summed E-state index contributed by atoms with van der Waals surface area (Å²) in [7, 11) is 0. The Morgan fingerprint density at radius 3 is 2.71 bits per heavy atom. The summed E-state index contributed by atoms with van der Waals surface area (Å²) >= 11 is 3.50. The van der Waals surface area contributed by atoms with Crippen LogP contribution in [0.25, 0.3) is 0 Å². The van der Waals surface area contributed by atoms with Crippen molar-refractivity contribution in [3.8, 4) is 0 Å². The number of nitrogens with one attached hydrogen (secondary N) is 1. The molecule has 0 saturated carbocycles. The van der Waals surface area contributed by atoms with E-state index >= 15 is 0 Å². The van der Waals surface area contributed by atoms with Crippen molar-refractivity contribution in [3.63, 3.8) is 0 Å². The molecule has 0 saturated heterocycles. The normalized spacial score (nSPS) is 15.5. The Bertz CT molecular complexity index is 445. The van der Waals surface area contributed by atoms with Crippen molar-refractivity contribution in [2.24, 2.45) is 0 Å². The van der Waals surface area contributed by atoms with Gasteiger partial charge in [0, 0.05) is 12.1 Å². The van der Waals surface area contributed by atoms with E-state index in [2.05, 4.69) is 26.3 Å². The molecule has 0 atom stereocenters. The number of rotatable bonds is 1. The number of aromatic nitrogens is 2. The highest BCUT2D eigenvalue weighted by Crippen LogP contribution is 2.26. The van der Waals surface area contributed by atoms with E-state index in [1.807, 2.05) is 25.5 Å². The first-order chi connectivity index (χ1) is 7.88. The van der Waals surface area contributed by atoms with Crippen molar-refractivity contribution in [2.75, 3.05) is 0 Å². The highest BCUT2D eigenvalue weighted by Gasteiger charge is 2.25. The fraction of sp³-hybridized carbons (Fsp3) is 0.667. The van der Waals surface area contributed by atoms with Gasteiger partial charge in [0.25, 0.3) is 5.91 Å². The molecule has 2 heterocycles. The van der Waals surface area contributed by atoms with E-state index in [0.717, 1.165) is 29.6 Å². The second kappa shape index (κ2) is 4.44. The molecule has 1 aliphatic heterocycles. The molecule has 2 rings (SSSR count). The predicted molar refractivity (Wildman–Crippen MR) is 70.1 cm³/mol. The van der Waals surface area contributed by atoms with Crippen LogP contribution in [0.15, 0.2) is 4.47 Å². The molecule has 1 N–H and O–H groups in total. The second-order valence-electron chi connectivity index (χ2n) is 5.49. The monoisotopic (exact) mass is 299 g/mol. The van der Waals surface area contributed by atoms with Gasteiger partial charge in [-0.3, -0.25) is 9.48 Å². The summed E-state index contributed by atoms with van der Waals surface area (Å²) in [6.07, 6.45) is 3.31. The van der Waals surface area contributed by atoms with E-state index in [1.165, 1.54) is 6.42 Å². The van der Waals surface area contributed by atoms with Crippen LogP contribution in [0.1, 0.15) is 49.8 Å². The number of hydrogen-bond donors (Lipinski definition) is 1. The first kappa shape index (κ1) is 12.6. The standard InChI is InChI=1S/C12H18BrN3O/c1-12(2,3)14-11(17)10-9(13)8-6-4-5-7-16(8)15-10/h4-7H2,1-3H3,(H,14,17). The van der Waals surface area contributed by atoms with Crippen LogP contribution in [-0.4, -0.2) is 21.2 Å². The second-order valence-corrected chi connectivity index (χ2v) is 6.29. The Labute approximate surface area is 110 Å². The summed E-state index contributed by atoms with van der Waals surface area (Å²) in [6, 6.07) is 0. The van der Waals surface area contributed by atoms with E-state index in [1.54, 1.807) is 0 Å². The van der Waals surface area contributed by atoms with Gasteiger partial charge in [0.05, 0.1) is 10.2 Å². The number of halogens is 1. The molecule has 5 heteroatoms. The first-order valence-corrected chi connectivity index (χ1v) is 6.75. The molecule has 1 aliphatic rings. The largest absolute Gasteiger partial charge is 0.346 e. The maximum Gasteiger partial charge on any atom is 0.273 e. The lowest BCUT2D eigenvalue weighted by Gasteiger charge is -2.19. The van der Waals surface area contributed by atoms with Crippen LogP contribution in [0.4, 0.5) is 0 Å². The average molecular weight is 300 g/mol. The molecule has 4 nitrogen and oxygen atoms in total. The van der Waals surface area contributed by atoms with Gasteiger partial charge >= 0.3 is 0 Å². The summed E-state index contributed by atoms with van der Waals surface area (Å²) < 4.78 is 2.81. The van der Waals surface area contributed by atoms with Gasteiger partial charge in [0.15, 0.2) is 5.69 Å². The minimum Gasteiger partial charge on any atom is -0.346 e. The molecule has 0 fully saturated rings. The van der Waals surface area contributed by atoms with Gasteiger partial charge in [0.1, 0.15) is 0 Å². The van der Waals surface area contributed by atoms with Gasteiger partial charge in [-0.2, -0.15) is 5.10 Å². The maximum absolute atomic E-state index is 12.1. The highest BCUT2D eigenvalue weighted by atomic mass is 79.9. The zero-order valence-corrected chi connectivity index (χ0v) is 12.1. The van der Waals surface area contributed by atoms with Crippen LogP contribution in [0.2, 0.25) is 0 Å². The van der Waals surface area contributed by atoms with Gasteiger partial charge in [-0.1, -0.05) is 0 Å². The maximum atomic E-state index is 12.1. The predicted octanol–water partition coefficient (Wildman–Crippen LogP) is 2.51. The third-order valence-corrected chi connectivity index (χ3v) is 3.56. The smallest absolute Gasteiger partial charge is 0.273 e. The van der Waals surface area contributed by atoms with E-state index in [4.69, 9.17) is 0 Å².